The van der Waals surface area contributed by atoms with Crippen LogP contribution in [0.25, 0.3) is 0 Å². The van der Waals surface area contributed by atoms with Crippen molar-refractivity contribution in [1.29, 1.82) is 0 Å². The fraction of sp³-hybridized carbons (Fsp3) is 0.263. The van der Waals surface area contributed by atoms with E-state index in [1.165, 1.54) is 19.1 Å². The summed E-state index contributed by atoms with van der Waals surface area (Å²) in [5.74, 6) is -0.522. The summed E-state index contributed by atoms with van der Waals surface area (Å²) in [6, 6.07) is 13.4. The summed E-state index contributed by atoms with van der Waals surface area (Å²) in [4.78, 5) is 25.6. The molecule has 0 radical (unpaired) electrons. The summed E-state index contributed by atoms with van der Waals surface area (Å²) < 4.78 is 13.4. The molecule has 0 unspecified atom stereocenters. The summed E-state index contributed by atoms with van der Waals surface area (Å²) in [5, 5.41) is 2.68. The van der Waals surface area contributed by atoms with E-state index < -0.39 is 0 Å². The molecule has 0 aromatic heterocycles. The van der Waals surface area contributed by atoms with Gasteiger partial charge in [0.2, 0.25) is 5.91 Å². The summed E-state index contributed by atoms with van der Waals surface area (Å²) in [6.45, 7) is 1.83. The molecular weight excluding hydrogens is 307 g/mol. The third kappa shape index (κ3) is 3.98. The second-order valence-electron chi connectivity index (χ2n) is 6.05. The van der Waals surface area contributed by atoms with Crippen molar-refractivity contribution in [3.05, 3.63) is 65.5 Å². The quantitative estimate of drug-likeness (QED) is 0.913. The van der Waals surface area contributed by atoms with Gasteiger partial charge in [0.05, 0.1) is 0 Å². The van der Waals surface area contributed by atoms with Gasteiger partial charge in [0.1, 0.15) is 5.82 Å². The molecule has 3 rings (SSSR count). The summed E-state index contributed by atoms with van der Waals surface area (Å²) in [6.07, 6.45) is 1.95. The third-order valence-corrected chi connectivity index (χ3v) is 3.94. The Hall–Kier alpha value is -2.69. The minimum absolute atomic E-state index is 0.0730. The number of rotatable bonds is 5. The largest absolute Gasteiger partial charge is 0.331 e. The predicted molar refractivity (Wildman–Crippen MR) is 90.0 cm³/mol. The Morgan fingerprint density at radius 2 is 1.88 bits per heavy atom. The molecule has 4 nitrogen and oxygen atoms in total. The van der Waals surface area contributed by atoms with E-state index in [4.69, 9.17) is 0 Å². The van der Waals surface area contributed by atoms with Gasteiger partial charge in [-0.25, -0.2) is 4.39 Å². The van der Waals surface area contributed by atoms with Crippen LogP contribution in [-0.4, -0.2) is 22.8 Å². The molecule has 2 aromatic carbocycles. The molecule has 0 saturated heterocycles. The van der Waals surface area contributed by atoms with Crippen LogP contribution in [0.3, 0.4) is 0 Å². The first-order chi connectivity index (χ1) is 11.5. The van der Waals surface area contributed by atoms with Crippen LogP contribution in [-0.2, 0) is 11.3 Å². The van der Waals surface area contributed by atoms with Crippen molar-refractivity contribution in [3.63, 3.8) is 0 Å². The number of nitrogens with one attached hydrogen (secondary N) is 1. The molecule has 1 N–H and O–H groups in total. The van der Waals surface area contributed by atoms with Gasteiger partial charge in [0.25, 0.3) is 5.91 Å². The van der Waals surface area contributed by atoms with Gasteiger partial charge >= 0.3 is 0 Å². The van der Waals surface area contributed by atoms with Crippen LogP contribution in [0, 0.1) is 5.82 Å². The average Bonchev–Trinajstić information content (AvgIpc) is 3.37. The smallest absolute Gasteiger partial charge is 0.254 e. The van der Waals surface area contributed by atoms with Crippen LogP contribution in [0.4, 0.5) is 10.1 Å². The lowest BCUT2D eigenvalue weighted by molar-refractivity contribution is -0.114. The van der Waals surface area contributed by atoms with Crippen LogP contribution < -0.4 is 5.32 Å². The summed E-state index contributed by atoms with van der Waals surface area (Å²) >= 11 is 0. The topological polar surface area (TPSA) is 49.4 Å². The Labute approximate surface area is 140 Å². The lowest BCUT2D eigenvalue weighted by atomic mass is 10.1. The van der Waals surface area contributed by atoms with E-state index >= 15 is 0 Å². The Kier molecular flexibility index (Phi) is 4.60. The number of benzene rings is 2. The first-order valence-electron chi connectivity index (χ1n) is 7.96. The zero-order valence-electron chi connectivity index (χ0n) is 13.5. The maximum atomic E-state index is 13.4. The predicted octanol–water partition coefficient (Wildman–Crippen LogP) is 3.59. The molecule has 1 saturated carbocycles. The van der Waals surface area contributed by atoms with Crippen LogP contribution >= 0.6 is 0 Å². The van der Waals surface area contributed by atoms with Gasteiger partial charge in [-0.3, -0.25) is 9.59 Å². The molecule has 0 spiro atoms. The first kappa shape index (κ1) is 16.2. The maximum absolute atomic E-state index is 13.4. The number of halogens is 1. The van der Waals surface area contributed by atoms with E-state index in [-0.39, 0.29) is 23.7 Å². The molecule has 0 atom stereocenters. The highest BCUT2D eigenvalue weighted by atomic mass is 19.1. The highest BCUT2D eigenvalue weighted by molar-refractivity contribution is 5.95. The molecule has 1 fully saturated rings. The molecule has 124 valence electrons. The first-order valence-corrected chi connectivity index (χ1v) is 7.96. The highest BCUT2D eigenvalue weighted by Crippen LogP contribution is 2.30. The maximum Gasteiger partial charge on any atom is 0.254 e. The molecule has 5 heteroatoms. The van der Waals surface area contributed by atoms with Crippen LogP contribution in [0.15, 0.2) is 48.5 Å². The van der Waals surface area contributed by atoms with Crippen molar-refractivity contribution in [2.24, 2.45) is 0 Å². The van der Waals surface area contributed by atoms with Crippen molar-refractivity contribution in [2.75, 3.05) is 5.32 Å². The van der Waals surface area contributed by atoms with E-state index in [9.17, 15) is 14.0 Å². The van der Waals surface area contributed by atoms with Gasteiger partial charge in [0, 0.05) is 30.8 Å². The van der Waals surface area contributed by atoms with Gasteiger partial charge in [-0.05, 0) is 54.8 Å². The SMILES string of the molecule is CC(=O)Nc1ccc(C(=O)N(Cc2cccc(F)c2)C2CC2)cc1. The van der Waals surface area contributed by atoms with Crippen molar-refractivity contribution < 1.29 is 14.0 Å². The molecule has 1 aliphatic rings. The lowest BCUT2D eigenvalue weighted by Gasteiger charge is -2.23. The van der Waals surface area contributed by atoms with Gasteiger partial charge in [-0.15, -0.1) is 0 Å². The molecule has 2 aromatic rings. The molecule has 1 aliphatic carbocycles. The standard InChI is InChI=1S/C19H19FN2O2/c1-13(23)21-17-7-5-15(6-8-17)19(24)22(18-9-10-18)12-14-3-2-4-16(20)11-14/h2-8,11,18H,9-10,12H2,1H3,(H,21,23). The number of nitrogens with zero attached hydrogens (tertiary/aromatic N) is 1. The molecule has 0 heterocycles. The van der Waals surface area contributed by atoms with Gasteiger partial charge < -0.3 is 10.2 Å². The number of hydrogen-bond acceptors (Lipinski definition) is 2. The second kappa shape index (κ2) is 6.83. The molecule has 0 aliphatic heterocycles. The van der Waals surface area contributed by atoms with E-state index in [1.54, 1.807) is 35.2 Å². The number of carbonyl (C=O) groups is 2. The fourth-order valence-corrected chi connectivity index (χ4v) is 2.65. The molecule has 24 heavy (non-hydrogen) atoms. The minimum atomic E-state index is -0.296. The molecular formula is C19H19FN2O2. The Morgan fingerprint density at radius 3 is 2.46 bits per heavy atom. The second-order valence-corrected chi connectivity index (χ2v) is 6.05. The Bertz CT molecular complexity index is 754. The lowest BCUT2D eigenvalue weighted by Crippen LogP contribution is -2.32. The van der Waals surface area contributed by atoms with Gasteiger partial charge in [-0.2, -0.15) is 0 Å². The summed E-state index contributed by atoms with van der Waals surface area (Å²) in [5.41, 5.74) is 2.00. The zero-order valence-corrected chi connectivity index (χ0v) is 13.5. The van der Waals surface area contributed by atoms with E-state index in [1.807, 2.05) is 6.07 Å². The van der Waals surface area contributed by atoms with Crippen molar-refractivity contribution in [2.45, 2.75) is 32.4 Å². The van der Waals surface area contributed by atoms with E-state index in [0.717, 1.165) is 18.4 Å². The highest BCUT2D eigenvalue weighted by Gasteiger charge is 2.33. The third-order valence-electron chi connectivity index (χ3n) is 3.94. The fourth-order valence-electron chi connectivity index (χ4n) is 2.65. The number of hydrogen-bond donors (Lipinski definition) is 1. The normalized spacial score (nSPS) is 13.4. The van der Waals surface area contributed by atoms with E-state index in [0.29, 0.717) is 17.8 Å². The van der Waals surface area contributed by atoms with Crippen molar-refractivity contribution in [3.8, 4) is 0 Å². The van der Waals surface area contributed by atoms with Crippen LogP contribution in [0.5, 0.6) is 0 Å². The number of amides is 2. The Balaban J connectivity index is 1.76. The minimum Gasteiger partial charge on any atom is -0.331 e. The number of carbonyl (C=O) groups excluding carboxylic acids is 2. The van der Waals surface area contributed by atoms with E-state index in [2.05, 4.69) is 5.32 Å². The molecule has 2 amide bonds. The summed E-state index contributed by atoms with van der Waals surface area (Å²) in [7, 11) is 0. The molecule has 0 bridgehead atoms. The van der Waals surface area contributed by atoms with Crippen molar-refractivity contribution >= 4 is 17.5 Å². The van der Waals surface area contributed by atoms with Gasteiger partial charge in [-0.1, -0.05) is 12.1 Å². The van der Waals surface area contributed by atoms with Crippen LogP contribution in [0.2, 0.25) is 0 Å². The van der Waals surface area contributed by atoms with Crippen molar-refractivity contribution in [1.82, 2.24) is 4.90 Å². The zero-order chi connectivity index (χ0) is 17.1. The monoisotopic (exact) mass is 326 g/mol. The average molecular weight is 326 g/mol. The van der Waals surface area contributed by atoms with Crippen LogP contribution in [0.1, 0.15) is 35.7 Å². The Morgan fingerprint density at radius 1 is 1.17 bits per heavy atom. The van der Waals surface area contributed by atoms with Gasteiger partial charge in [0.15, 0.2) is 0 Å². The number of anilines is 1.